The van der Waals surface area contributed by atoms with Crippen molar-refractivity contribution < 1.29 is 32.6 Å². The van der Waals surface area contributed by atoms with Gasteiger partial charge in [-0.15, -0.1) is 0 Å². The third-order valence-corrected chi connectivity index (χ3v) is 4.23. The van der Waals surface area contributed by atoms with Crippen LogP contribution in [0.5, 0.6) is 0 Å². The number of carbonyl (C=O) groups is 2. The van der Waals surface area contributed by atoms with Crippen LogP contribution in [-0.4, -0.2) is 47.4 Å². The number of esters is 1. The van der Waals surface area contributed by atoms with Gasteiger partial charge in [-0.05, 0) is 44.5 Å². The van der Waals surface area contributed by atoms with Gasteiger partial charge in [-0.3, -0.25) is 9.79 Å². The van der Waals surface area contributed by atoms with E-state index in [-0.39, 0.29) is 23.5 Å². The lowest BCUT2D eigenvalue weighted by molar-refractivity contribution is -0.141. The molecular weight excluding hydrogens is 429 g/mol. The zero-order valence-corrected chi connectivity index (χ0v) is 17.7. The van der Waals surface area contributed by atoms with Crippen LogP contribution in [0.3, 0.4) is 0 Å². The van der Waals surface area contributed by atoms with E-state index in [9.17, 15) is 27.9 Å². The summed E-state index contributed by atoms with van der Waals surface area (Å²) in [6.45, 7) is 3.56. The number of aliphatic hydroxyl groups is 1. The van der Waals surface area contributed by atoms with E-state index < -0.39 is 35.0 Å². The molecule has 11 heteroatoms. The number of nitrogens with zero attached hydrogens (tertiary/aromatic N) is 2. The summed E-state index contributed by atoms with van der Waals surface area (Å²) in [5, 5.41) is 12.1. The fraction of sp³-hybridized carbons (Fsp3) is 0.333. The highest BCUT2D eigenvalue weighted by Gasteiger charge is 2.33. The molecule has 0 aliphatic heterocycles. The molecule has 0 aliphatic carbocycles. The first kappa shape index (κ1) is 24.8. The quantitative estimate of drug-likeness (QED) is 0.336. The van der Waals surface area contributed by atoms with Crippen LogP contribution in [0.2, 0.25) is 0 Å². The molecule has 2 aromatic rings. The smallest absolute Gasteiger partial charge is 0.433 e. The van der Waals surface area contributed by atoms with E-state index in [1.165, 1.54) is 18.3 Å². The monoisotopic (exact) mass is 452 g/mol. The second-order valence-corrected chi connectivity index (χ2v) is 7.48. The molecule has 1 aromatic heterocycles. The Bertz CT molecular complexity index is 1030. The van der Waals surface area contributed by atoms with Crippen molar-refractivity contribution in [3.63, 3.8) is 0 Å². The molecule has 0 bridgehead atoms. The Kier molecular flexibility index (Phi) is 7.57. The Morgan fingerprint density at radius 3 is 2.56 bits per heavy atom. The van der Waals surface area contributed by atoms with Gasteiger partial charge in [0.25, 0.3) is 5.91 Å². The Labute approximate surface area is 182 Å². The number of carbonyl (C=O) groups excluding carboxylic acids is 2. The summed E-state index contributed by atoms with van der Waals surface area (Å²) in [6, 6.07) is 5.51. The molecule has 1 amide bonds. The van der Waals surface area contributed by atoms with Gasteiger partial charge in [-0.25, -0.2) is 9.78 Å². The second kappa shape index (κ2) is 9.77. The van der Waals surface area contributed by atoms with E-state index in [1.807, 2.05) is 0 Å². The van der Waals surface area contributed by atoms with Crippen molar-refractivity contribution in [1.29, 1.82) is 0 Å². The number of benzene rings is 1. The number of aromatic nitrogens is 1. The summed E-state index contributed by atoms with van der Waals surface area (Å²) in [5.41, 5.74) is 3.70. The molecule has 0 aliphatic rings. The number of aliphatic imine (C=N–C) groups is 1. The van der Waals surface area contributed by atoms with Crippen LogP contribution in [0.4, 0.5) is 24.5 Å². The Morgan fingerprint density at radius 1 is 1.28 bits per heavy atom. The van der Waals surface area contributed by atoms with Crippen molar-refractivity contribution >= 4 is 29.5 Å². The van der Waals surface area contributed by atoms with Crippen LogP contribution in [0.1, 0.15) is 52.4 Å². The summed E-state index contributed by atoms with van der Waals surface area (Å²) in [7, 11) is 1.13. The second-order valence-electron chi connectivity index (χ2n) is 7.48. The van der Waals surface area contributed by atoms with Crippen LogP contribution in [-0.2, 0) is 10.9 Å². The first-order chi connectivity index (χ1) is 14.8. The van der Waals surface area contributed by atoms with Gasteiger partial charge in [-0.1, -0.05) is 6.07 Å². The van der Waals surface area contributed by atoms with Gasteiger partial charge in [-0.2, -0.15) is 13.2 Å². The van der Waals surface area contributed by atoms with E-state index in [0.29, 0.717) is 12.0 Å². The molecule has 1 aromatic carbocycles. The minimum absolute atomic E-state index is 0.0424. The number of halogens is 3. The lowest BCUT2D eigenvalue weighted by Gasteiger charge is -2.15. The standard InChI is InChI=1S/C21H23F3N4O4/c1-20(2,31)7-8-26-11-12-9-16(13(10-14(12)25)19(30)32-3)28-18(29)15-5-4-6-17(27-15)21(22,23)24/h4-6,9-11,31H,7-8,25H2,1-3H3,(H,28,29). The summed E-state index contributed by atoms with van der Waals surface area (Å²) < 4.78 is 43.4. The topological polar surface area (TPSA) is 127 Å². The third-order valence-electron chi connectivity index (χ3n) is 4.23. The number of nitrogens with two attached hydrogens (primary N) is 1. The summed E-state index contributed by atoms with van der Waals surface area (Å²) in [5.74, 6) is -1.77. The molecular formula is C21H23F3N4O4. The van der Waals surface area contributed by atoms with Gasteiger partial charge in [0.15, 0.2) is 0 Å². The molecule has 4 N–H and O–H groups in total. The maximum atomic E-state index is 12.9. The van der Waals surface area contributed by atoms with Gasteiger partial charge in [0.2, 0.25) is 0 Å². The third kappa shape index (κ3) is 6.77. The van der Waals surface area contributed by atoms with E-state index in [2.05, 4.69) is 20.0 Å². The number of nitrogen functional groups attached to an aromatic ring is 1. The molecule has 0 saturated heterocycles. The molecule has 2 rings (SSSR count). The van der Waals surface area contributed by atoms with Crippen molar-refractivity contribution in [3.8, 4) is 0 Å². The van der Waals surface area contributed by atoms with Crippen LogP contribution in [0.15, 0.2) is 35.3 Å². The molecule has 8 nitrogen and oxygen atoms in total. The number of methoxy groups -OCH3 is 1. The highest BCUT2D eigenvalue weighted by atomic mass is 19.4. The van der Waals surface area contributed by atoms with Gasteiger partial charge in [0.05, 0.1) is 24.0 Å². The molecule has 1 heterocycles. The highest BCUT2D eigenvalue weighted by Crippen LogP contribution is 2.28. The summed E-state index contributed by atoms with van der Waals surface area (Å²) in [6.07, 6.45) is -2.93. The van der Waals surface area contributed by atoms with Crippen molar-refractivity contribution in [2.75, 3.05) is 24.7 Å². The van der Waals surface area contributed by atoms with Crippen LogP contribution in [0, 0.1) is 0 Å². The average Bonchev–Trinajstić information content (AvgIpc) is 2.71. The first-order valence-electron chi connectivity index (χ1n) is 9.41. The zero-order valence-electron chi connectivity index (χ0n) is 17.7. The van der Waals surface area contributed by atoms with E-state index in [4.69, 9.17) is 5.73 Å². The maximum absolute atomic E-state index is 12.9. The minimum atomic E-state index is -4.72. The van der Waals surface area contributed by atoms with Gasteiger partial charge < -0.3 is 20.9 Å². The minimum Gasteiger partial charge on any atom is -0.465 e. The largest absolute Gasteiger partial charge is 0.465 e. The molecule has 0 atom stereocenters. The van der Waals surface area contributed by atoms with Crippen molar-refractivity contribution in [3.05, 3.63) is 52.8 Å². The maximum Gasteiger partial charge on any atom is 0.433 e. The summed E-state index contributed by atoms with van der Waals surface area (Å²) >= 11 is 0. The van der Waals surface area contributed by atoms with Crippen LogP contribution >= 0.6 is 0 Å². The fourth-order valence-electron chi connectivity index (χ4n) is 2.53. The van der Waals surface area contributed by atoms with E-state index >= 15 is 0 Å². The predicted octanol–water partition coefficient (Wildman–Crippen LogP) is 3.30. The number of pyridine rings is 1. The number of hydrogen-bond donors (Lipinski definition) is 3. The van der Waals surface area contributed by atoms with Crippen LogP contribution in [0.25, 0.3) is 0 Å². The number of amides is 1. The van der Waals surface area contributed by atoms with Crippen molar-refractivity contribution in [2.24, 2.45) is 4.99 Å². The number of hydrogen-bond acceptors (Lipinski definition) is 7. The van der Waals surface area contributed by atoms with Crippen molar-refractivity contribution in [1.82, 2.24) is 4.98 Å². The molecule has 0 fully saturated rings. The lowest BCUT2D eigenvalue weighted by atomic mass is 10.1. The molecule has 32 heavy (non-hydrogen) atoms. The number of alkyl halides is 3. The number of rotatable bonds is 7. The van der Waals surface area contributed by atoms with Gasteiger partial charge >= 0.3 is 12.1 Å². The number of ether oxygens (including phenoxy) is 1. The van der Waals surface area contributed by atoms with E-state index in [1.54, 1.807) is 13.8 Å². The highest BCUT2D eigenvalue weighted by molar-refractivity contribution is 6.08. The molecule has 0 saturated carbocycles. The zero-order chi connectivity index (χ0) is 24.1. The molecule has 0 spiro atoms. The number of nitrogens with one attached hydrogen (secondary N) is 1. The van der Waals surface area contributed by atoms with Crippen LogP contribution < -0.4 is 11.1 Å². The Balaban J connectivity index is 2.37. The molecule has 172 valence electrons. The normalized spacial score (nSPS) is 12.1. The molecule has 0 unspecified atom stereocenters. The lowest BCUT2D eigenvalue weighted by Crippen LogP contribution is -2.19. The number of anilines is 2. The Morgan fingerprint density at radius 2 is 1.97 bits per heavy atom. The van der Waals surface area contributed by atoms with Crippen molar-refractivity contribution in [2.45, 2.75) is 32.0 Å². The predicted molar refractivity (Wildman–Crippen MR) is 113 cm³/mol. The molecule has 0 radical (unpaired) electrons. The van der Waals surface area contributed by atoms with Gasteiger partial charge in [0.1, 0.15) is 11.4 Å². The summed E-state index contributed by atoms with van der Waals surface area (Å²) in [4.78, 5) is 32.2. The fourth-order valence-corrected chi connectivity index (χ4v) is 2.53. The SMILES string of the molecule is COC(=O)c1cc(N)c(C=NCCC(C)(C)O)cc1NC(=O)c1cccc(C(F)(F)F)n1. The van der Waals surface area contributed by atoms with E-state index in [0.717, 1.165) is 25.3 Å². The average molecular weight is 452 g/mol. The Hall–Kier alpha value is -3.47. The first-order valence-corrected chi connectivity index (χ1v) is 9.41. The van der Waals surface area contributed by atoms with Gasteiger partial charge in [0, 0.05) is 24.0 Å².